The van der Waals surface area contributed by atoms with Crippen LogP contribution in [0.25, 0.3) is 0 Å². The highest BCUT2D eigenvalue weighted by molar-refractivity contribution is 9.10. The molecule has 5 rings (SSSR count). The van der Waals surface area contributed by atoms with E-state index in [1.54, 1.807) is 63.2 Å². The smallest absolute Gasteiger partial charge is 0.411 e. The molecule has 1 saturated carbocycles. The van der Waals surface area contributed by atoms with Gasteiger partial charge in [0.05, 0.1) is 11.1 Å². The highest BCUT2D eigenvalue weighted by Gasteiger charge is 2.69. The van der Waals surface area contributed by atoms with Crippen LogP contribution in [0.15, 0.2) is 47.1 Å². The number of carbonyl (C=O) groups is 4. The van der Waals surface area contributed by atoms with E-state index in [-0.39, 0.29) is 24.4 Å². The van der Waals surface area contributed by atoms with Gasteiger partial charge in [0.1, 0.15) is 22.1 Å². The van der Waals surface area contributed by atoms with Crippen LogP contribution in [0.1, 0.15) is 54.3 Å². The molecular weight excluding hydrogens is 516 g/mol. The van der Waals surface area contributed by atoms with Gasteiger partial charge in [-0.2, -0.15) is 0 Å². The lowest BCUT2D eigenvalue weighted by atomic mass is 9.98. The van der Waals surface area contributed by atoms with Crippen LogP contribution < -0.4 is 5.32 Å². The largest absolute Gasteiger partial charge is 0.444 e. The summed E-state index contributed by atoms with van der Waals surface area (Å²) >= 11 is 3.28. The number of likely N-dealkylation sites (tertiary alicyclic amines) is 1. The Bertz CT molecular complexity index is 1220. The lowest BCUT2D eigenvalue weighted by molar-refractivity contribution is -0.121. The second kappa shape index (κ2) is 8.15. The summed E-state index contributed by atoms with van der Waals surface area (Å²) in [5.74, 6) is -0.736. The van der Waals surface area contributed by atoms with Gasteiger partial charge in [-0.25, -0.2) is 9.78 Å². The molecule has 1 aromatic heterocycles. The van der Waals surface area contributed by atoms with Crippen molar-refractivity contribution in [3.05, 3.63) is 58.2 Å². The van der Waals surface area contributed by atoms with Crippen molar-refractivity contribution in [1.82, 2.24) is 14.8 Å². The summed E-state index contributed by atoms with van der Waals surface area (Å²) in [6, 6.07) is 10.7. The van der Waals surface area contributed by atoms with Crippen molar-refractivity contribution in [2.45, 2.75) is 51.3 Å². The number of carbonyl (C=O) groups excluding carboxylic acids is 4. The minimum Gasteiger partial charge on any atom is -0.444 e. The van der Waals surface area contributed by atoms with Gasteiger partial charge in [0, 0.05) is 18.0 Å². The Hall–Kier alpha value is -3.27. The molecule has 1 N–H and O–H groups in total. The summed E-state index contributed by atoms with van der Waals surface area (Å²) < 4.78 is 6.18. The van der Waals surface area contributed by atoms with Crippen molar-refractivity contribution >= 4 is 45.6 Å². The van der Waals surface area contributed by atoms with E-state index in [9.17, 15) is 19.2 Å². The molecule has 2 aromatic rings. The number of hydrogen-bond acceptors (Lipinski definition) is 6. The Morgan fingerprint density at radius 1 is 1.09 bits per heavy atom. The third kappa shape index (κ3) is 4.20. The number of ether oxygens (including phenoxy) is 1. The summed E-state index contributed by atoms with van der Waals surface area (Å²) in [5.41, 5.74) is -0.546. The molecule has 1 aliphatic carbocycles. The number of benzene rings is 1. The Balaban J connectivity index is 1.40. The van der Waals surface area contributed by atoms with E-state index in [4.69, 9.17) is 4.74 Å². The van der Waals surface area contributed by atoms with Gasteiger partial charge in [-0.1, -0.05) is 18.2 Å². The van der Waals surface area contributed by atoms with Gasteiger partial charge in [-0.15, -0.1) is 0 Å². The normalized spacial score (nSPS) is 24.8. The SMILES string of the molecule is CC(C)(C)OC(=O)N1C2CC2(CN2C(=O)c3ccccc3C2=O)C[C@H]1C(=O)Nc1cccc(Br)n1. The third-order valence-electron chi connectivity index (χ3n) is 6.64. The maximum absolute atomic E-state index is 13.3. The van der Waals surface area contributed by atoms with Gasteiger partial charge >= 0.3 is 6.09 Å². The van der Waals surface area contributed by atoms with Gasteiger partial charge < -0.3 is 10.1 Å². The predicted molar refractivity (Wildman–Crippen MR) is 130 cm³/mol. The highest BCUT2D eigenvalue weighted by atomic mass is 79.9. The second-order valence-electron chi connectivity index (χ2n) is 10.3. The second-order valence-corrected chi connectivity index (χ2v) is 11.1. The van der Waals surface area contributed by atoms with E-state index >= 15 is 0 Å². The van der Waals surface area contributed by atoms with E-state index < -0.39 is 29.1 Å². The van der Waals surface area contributed by atoms with E-state index in [0.717, 1.165) is 0 Å². The van der Waals surface area contributed by atoms with E-state index in [2.05, 4.69) is 26.2 Å². The van der Waals surface area contributed by atoms with Gasteiger partial charge in [0.2, 0.25) is 5.91 Å². The van der Waals surface area contributed by atoms with Crippen LogP contribution in [0.2, 0.25) is 0 Å². The molecule has 1 aromatic carbocycles. The van der Waals surface area contributed by atoms with Crippen LogP contribution in [-0.4, -0.2) is 62.8 Å². The van der Waals surface area contributed by atoms with Crippen LogP contribution >= 0.6 is 15.9 Å². The van der Waals surface area contributed by atoms with Gasteiger partial charge in [0.25, 0.3) is 11.8 Å². The molecule has 182 valence electrons. The van der Waals surface area contributed by atoms with Crippen molar-refractivity contribution < 1.29 is 23.9 Å². The summed E-state index contributed by atoms with van der Waals surface area (Å²) in [6.45, 7) is 5.43. The number of fused-ring (bicyclic) bond motifs is 2. The van der Waals surface area contributed by atoms with E-state index in [0.29, 0.717) is 34.4 Å². The maximum Gasteiger partial charge on any atom is 0.411 e. The molecule has 35 heavy (non-hydrogen) atoms. The predicted octanol–water partition coefficient (Wildman–Crippen LogP) is 3.85. The van der Waals surface area contributed by atoms with Gasteiger partial charge in [-0.05, 0) is 73.8 Å². The number of aromatic nitrogens is 1. The number of pyridine rings is 1. The van der Waals surface area contributed by atoms with Gasteiger partial charge in [-0.3, -0.25) is 24.2 Å². The molecule has 0 radical (unpaired) electrons. The first-order valence-corrected chi connectivity index (χ1v) is 12.2. The van der Waals surface area contributed by atoms with Crippen molar-refractivity contribution in [2.75, 3.05) is 11.9 Å². The number of anilines is 1. The van der Waals surface area contributed by atoms with Crippen molar-refractivity contribution in [3.63, 3.8) is 0 Å². The Morgan fingerprint density at radius 3 is 2.34 bits per heavy atom. The number of nitrogens with zero attached hydrogens (tertiary/aromatic N) is 3. The average Bonchev–Trinajstić information content (AvgIpc) is 3.29. The minimum absolute atomic E-state index is 0.141. The maximum atomic E-state index is 13.3. The molecule has 2 unspecified atom stereocenters. The zero-order chi connectivity index (χ0) is 25.1. The van der Waals surface area contributed by atoms with E-state index in [1.165, 1.54) is 9.80 Å². The number of amides is 4. The fourth-order valence-corrected chi connectivity index (χ4v) is 5.39. The number of piperidine rings is 1. The summed E-state index contributed by atoms with van der Waals surface area (Å²) in [7, 11) is 0. The zero-order valence-corrected chi connectivity index (χ0v) is 21.2. The monoisotopic (exact) mass is 540 g/mol. The zero-order valence-electron chi connectivity index (χ0n) is 19.6. The lowest BCUT2D eigenvalue weighted by Crippen LogP contribution is -2.47. The van der Waals surface area contributed by atoms with Crippen LogP contribution in [0.3, 0.4) is 0 Å². The first kappa shape index (κ1) is 23.5. The van der Waals surface area contributed by atoms with Crippen molar-refractivity contribution in [2.24, 2.45) is 5.41 Å². The van der Waals surface area contributed by atoms with Crippen LogP contribution in [0, 0.1) is 5.41 Å². The third-order valence-corrected chi connectivity index (χ3v) is 7.08. The molecule has 0 spiro atoms. The quantitative estimate of drug-likeness (QED) is 0.466. The fraction of sp³-hybridized carbons (Fsp3) is 0.400. The molecule has 3 atom stereocenters. The summed E-state index contributed by atoms with van der Waals surface area (Å²) in [6.07, 6.45) is 0.300. The molecule has 3 aliphatic rings. The number of halogens is 1. The molecular formula is C25H25BrN4O5. The number of nitrogens with one attached hydrogen (secondary N) is 1. The molecule has 2 aliphatic heterocycles. The molecule has 9 nitrogen and oxygen atoms in total. The van der Waals surface area contributed by atoms with Crippen LogP contribution in [0.5, 0.6) is 0 Å². The summed E-state index contributed by atoms with van der Waals surface area (Å²) in [4.78, 5) is 59.3. The first-order valence-electron chi connectivity index (χ1n) is 11.4. The standard InChI is InChI=1S/C25H25BrN4O5/c1-24(2,3)35-23(34)30-16(20(31)28-19-10-6-9-18(26)27-19)11-25(12-17(25)30)13-29-21(32)14-7-4-5-8-15(14)22(29)33/h4-10,16-17H,11-13H2,1-3H3,(H,27,28,31)/t16-,17?,25?/m0/s1. The topological polar surface area (TPSA) is 109 Å². The average molecular weight is 541 g/mol. The molecule has 0 bridgehead atoms. The Kier molecular flexibility index (Phi) is 5.47. The highest BCUT2D eigenvalue weighted by Crippen LogP contribution is 2.60. The Morgan fingerprint density at radius 2 is 1.74 bits per heavy atom. The number of rotatable bonds is 4. The fourth-order valence-electron chi connectivity index (χ4n) is 5.05. The summed E-state index contributed by atoms with van der Waals surface area (Å²) in [5, 5.41) is 2.78. The minimum atomic E-state index is -0.820. The molecule has 2 fully saturated rings. The van der Waals surface area contributed by atoms with Crippen LogP contribution in [-0.2, 0) is 9.53 Å². The van der Waals surface area contributed by atoms with Crippen molar-refractivity contribution in [3.8, 4) is 0 Å². The molecule has 3 heterocycles. The lowest BCUT2D eigenvalue weighted by Gasteiger charge is -2.29. The number of imide groups is 1. The molecule has 10 heteroatoms. The number of hydrogen-bond donors (Lipinski definition) is 1. The first-order chi connectivity index (χ1) is 16.5. The molecule has 4 amide bonds. The Labute approximate surface area is 210 Å². The van der Waals surface area contributed by atoms with Gasteiger partial charge in [0.15, 0.2) is 0 Å². The van der Waals surface area contributed by atoms with E-state index in [1.807, 2.05) is 0 Å². The van der Waals surface area contributed by atoms with Crippen molar-refractivity contribution in [1.29, 1.82) is 0 Å². The molecule has 1 saturated heterocycles. The van der Waals surface area contributed by atoms with Crippen LogP contribution in [0.4, 0.5) is 10.6 Å².